The van der Waals surface area contributed by atoms with Crippen molar-refractivity contribution >= 4 is 17.6 Å². The third kappa shape index (κ3) is 4.07. The van der Waals surface area contributed by atoms with Gasteiger partial charge in [-0.3, -0.25) is 0 Å². The normalized spacial score (nSPS) is 10.1. The number of halogens is 1. The van der Waals surface area contributed by atoms with Crippen molar-refractivity contribution < 1.29 is 23.7 Å². The summed E-state index contributed by atoms with van der Waals surface area (Å²) < 4.78 is 21.0. The third-order valence-electron chi connectivity index (χ3n) is 3.21. The van der Waals surface area contributed by atoms with E-state index in [4.69, 9.17) is 25.8 Å². The molecule has 0 aliphatic heterocycles. The molecule has 0 atom stereocenters. The Hall–Kier alpha value is -2.40. The summed E-state index contributed by atoms with van der Waals surface area (Å²) in [5.74, 6) is 1.18. The Morgan fingerprint density at radius 2 is 1.65 bits per heavy atom. The average molecular weight is 337 g/mol. The monoisotopic (exact) mass is 336 g/mol. The molecule has 0 N–H and O–H groups in total. The minimum atomic E-state index is -0.439. The second-order valence-electron chi connectivity index (χ2n) is 4.60. The fourth-order valence-electron chi connectivity index (χ4n) is 2.05. The topological polar surface area (TPSA) is 54.0 Å². The Balaban J connectivity index is 2.20. The summed E-state index contributed by atoms with van der Waals surface area (Å²) in [4.78, 5) is 11.5. The smallest absolute Gasteiger partial charge is 0.337 e. The molecule has 6 heteroatoms. The van der Waals surface area contributed by atoms with Crippen LogP contribution in [0.3, 0.4) is 0 Å². The molecule has 5 nitrogen and oxygen atoms in total. The van der Waals surface area contributed by atoms with E-state index < -0.39 is 5.97 Å². The number of rotatable bonds is 6. The summed E-state index contributed by atoms with van der Waals surface area (Å²) in [6, 6.07) is 10.1. The van der Waals surface area contributed by atoms with Gasteiger partial charge < -0.3 is 18.9 Å². The van der Waals surface area contributed by atoms with Gasteiger partial charge in [-0.2, -0.15) is 0 Å². The number of benzene rings is 2. The van der Waals surface area contributed by atoms with Gasteiger partial charge in [-0.25, -0.2) is 4.79 Å². The van der Waals surface area contributed by atoms with Gasteiger partial charge in [0, 0.05) is 10.6 Å². The first-order valence-corrected chi connectivity index (χ1v) is 7.18. The molecular formula is C17H17ClO5. The van der Waals surface area contributed by atoms with Gasteiger partial charge in [-0.05, 0) is 36.4 Å². The van der Waals surface area contributed by atoms with Gasteiger partial charge >= 0.3 is 5.97 Å². The highest BCUT2D eigenvalue weighted by Gasteiger charge is 2.12. The highest BCUT2D eigenvalue weighted by atomic mass is 35.5. The van der Waals surface area contributed by atoms with Crippen LogP contribution in [0, 0.1) is 0 Å². The summed E-state index contributed by atoms with van der Waals surface area (Å²) in [7, 11) is 4.41. The molecule has 0 bridgehead atoms. The SMILES string of the molecule is COC(=O)c1ccc(OCc2cc(Cl)ccc2OC)c(OC)c1. The van der Waals surface area contributed by atoms with Crippen LogP contribution in [0.2, 0.25) is 5.02 Å². The van der Waals surface area contributed by atoms with Crippen LogP contribution in [0.1, 0.15) is 15.9 Å². The van der Waals surface area contributed by atoms with Gasteiger partial charge in [0.15, 0.2) is 11.5 Å². The van der Waals surface area contributed by atoms with Crippen molar-refractivity contribution in [1.82, 2.24) is 0 Å². The summed E-state index contributed by atoms with van der Waals surface area (Å²) in [5, 5.41) is 0.595. The molecule has 0 radical (unpaired) electrons. The molecule has 2 aromatic rings. The maximum atomic E-state index is 11.5. The minimum absolute atomic E-state index is 0.248. The van der Waals surface area contributed by atoms with Crippen molar-refractivity contribution in [3.63, 3.8) is 0 Å². The number of carbonyl (C=O) groups is 1. The van der Waals surface area contributed by atoms with E-state index in [0.29, 0.717) is 27.8 Å². The number of hydrogen-bond acceptors (Lipinski definition) is 5. The highest BCUT2D eigenvalue weighted by molar-refractivity contribution is 6.30. The van der Waals surface area contributed by atoms with E-state index in [0.717, 1.165) is 5.56 Å². The maximum absolute atomic E-state index is 11.5. The minimum Gasteiger partial charge on any atom is -0.496 e. The summed E-state index contributed by atoms with van der Waals surface area (Å²) >= 11 is 6.00. The summed E-state index contributed by atoms with van der Waals surface area (Å²) in [6.07, 6.45) is 0. The van der Waals surface area contributed by atoms with Gasteiger partial charge in [0.25, 0.3) is 0 Å². The first kappa shape index (κ1) is 17.0. The largest absolute Gasteiger partial charge is 0.496 e. The Bertz CT molecular complexity index is 699. The van der Waals surface area contributed by atoms with Gasteiger partial charge in [0.1, 0.15) is 12.4 Å². The number of carbonyl (C=O) groups excluding carboxylic acids is 1. The standard InChI is InChI=1S/C17H17ClO5/c1-20-14-7-5-13(18)8-12(14)10-23-15-6-4-11(17(19)22-3)9-16(15)21-2/h4-9H,10H2,1-3H3. The zero-order valence-electron chi connectivity index (χ0n) is 13.1. The van der Waals surface area contributed by atoms with E-state index >= 15 is 0 Å². The van der Waals surface area contributed by atoms with Crippen LogP contribution in [0.15, 0.2) is 36.4 Å². The van der Waals surface area contributed by atoms with Crippen molar-refractivity contribution in [2.45, 2.75) is 6.61 Å². The quantitative estimate of drug-likeness (QED) is 0.752. The lowest BCUT2D eigenvalue weighted by Crippen LogP contribution is -2.04. The fourth-order valence-corrected chi connectivity index (χ4v) is 2.24. The van der Waals surface area contributed by atoms with E-state index in [2.05, 4.69) is 4.74 Å². The molecule has 0 spiro atoms. The molecule has 0 saturated heterocycles. The highest BCUT2D eigenvalue weighted by Crippen LogP contribution is 2.30. The van der Waals surface area contributed by atoms with Crippen molar-refractivity contribution in [2.75, 3.05) is 21.3 Å². The van der Waals surface area contributed by atoms with Gasteiger partial charge in [0.05, 0.1) is 26.9 Å². The van der Waals surface area contributed by atoms with Crippen molar-refractivity contribution in [3.8, 4) is 17.2 Å². The average Bonchev–Trinajstić information content (AvgIpc) is 2.59. The van der Waals surface area contributed by atoms with Gasteiger partial charge in [-0.15, -0.1) is 0 Å². The molecule has 0 aromatic heterocycles. The molecule has 0 saturated carbocycles. The number of methoxy groups -OCH3 is 3. The van der Waals surface area contributed by atoms with Crippen LogP contribution >= 0.6 is 11.6 Å². The molecule has 122 valence electrons. The molecule has 0 unspecified atom stereocenters. The van der Waals surface area contributed by atoms with Gasteiger partial charge in [-0.1, -0.05) is 11.6 Å². The molecule has 2 rings (SSSR count). The first-order chi connectivity index (χ1) is 11.1. The number of ether oxygens (including phenoxy) is 4. The Kier molecular flexibility index (Phi) is 5.71. The Morgan fingerprint density at radius 1 is 0.957 bits per heavy atom. The third-order valence-corrected chi connectivity index (χ3v) is 3.45. The van der Waals surface area contributed by atoms with E-state index in [1.165, 1.54) is 14.2 Å². The lowest BCUT2D eigenvalue weighted by Gasteiger charge is -2.13. The maximum Gasteiger partial charge on any atom is 0.337 e. The van der Waals surface area contributed by atoms with Crippen LogP contribution in [0.5, 0.6) is 17.2 Å². The second-order valence-corrected chi connectivity index (χ2v) is 5.04. The van der Waals surface area contributed by atoms with Crippen molar-refractivity contribution in [1.29, 1.82) is 0 Å². The molecule has 0 aliphatic carbocycles. The lowest BCUT2D eigenvalue weighted by molar-refractivity contribution is 0.0600. The van der Waals surface area contributed by atoms with E-state index in [9.17, 15) is 4.79 Å². The zero-order valence-corrected chi connectivity index (χ0v) is 13.8. The van der Waals surface area contributed by atoms with Crippen molar-refractivity contribution in [3.05, 3.63) is 52.5 Å². The predicted molar refractivity (Wildman–Crippen MR) is 86.7 cm³/mol. The van der Waals surface area contributed by atoms with Crippen LogP contribution in [0.4, 0.5) is 0 Å². The Morgan fingerprint density at radius 3 is 2.30 bits per heavy atom. The van der Waals surface area contributed by atoms with E-state index in [-0.39, 0.29) is 6.61 Å². The van der Waals surface area contributed by atoms with Crippen LogP contribution in [-0.2, 0) is 11.3 Å². The summed E-state index contributed by atoms with van der Waals surface area (Å²) in [6.45, 7) is 0.248. The Labute approximate surface area is 139 Å². The van der Waals surface area contributed by atoms with E-state index in [1.807, 2.05) is 0 Å². The van der Waals surface area contributed by atoms with Crippen LogP contribution < -0.4 is 14.2 Å². The second kappa shape index (κ2) is 7.74. The van der Waals surface area contributed by atoms with E-state index in [1.54, 1.807) is 43.5 Å². The number of hydrogen-bond donors (Lipinski definition) is 0. The van der Waals surface area contributed by atoms with Crippen LogP contribution in [0.25, 0.3) is 0 Å². The van der Waals surface area contributed by atoms with Gasteiger partial charge in [0.2, 0.25) is 0 Å². The summed E-state index contributed by atoms with van der Waals surface area (Å²) in [5.41, 5.74) is 1.19. The van der Waals surface area contributed by atoms with Crippen LogP contribution in [-0.4, -0.2) is 27.3 Å². The lowest BCUT2D eigenvalue weighted by atomic mass is 10.2. The first-order valence-electron chi connectivity index (χ1n) is 6.80. The molecule has 0 amide bonds. The molecule has 23 heavy (non-hydrogen) atoms. The van der Waals surface area contributed by atoms with Crippen molar-refractivity contribution in [2.24, 2.45) is 0 Å². The number of esters is 1. The zero-order chi connectivity index (χ0) is 16.8. The molecule has 0 heterocycles. The molecule has 0 fully saturated rings. The molecular weight excluding hydrogens is 320 g/mol. The predicted octanol–water partition coefficient (Wildman–Crippen LogP) is 3.72. The fraction of sp³-hybridized carbons (Fsp3) is 0.235. The molecule has 2 aromatic carbocycles. The molecule has 0 aliphatic rings.